The number of nitrogens with zero attached hydrogens (tertiary/aromatic N) is 2. The van der Waals surface area contributed by atoms with E-state index in [4.69, 9.17) is 9.16 Å². The molecule has 2 heterocycles. The second kappa shape index (κ2) is 15.2. The summed E-state index contributed by atoms with van der Waals surface area (Å²) in [6.45, 7) is 24.9. The van der Waals surface area contributed by atoms with Crippen molar-refractivity contribution in [2.75, 3.05) is 32.7 Å². The van der Waals surface area contributed by atoms with Crippen LogP contribution in [0.2, 0.25) is 18.1 Å². The molecule has 8 heteroatoms. The fourth-order valence-corrected chi connectivity index (χ4v) is 8.65. The van der Waals surface area contributed by atoms with Gasteiger partial charge in [-0.05, 0) is 128 Å². The van der Waals surface area contributed by atoms with Gasteiger partial charge in [-0.15, -0.1) is 0 Å². The van der Waals surface area contributed by atoms with E-state index in [1.165, 1.54) is 50.5 Å². The topological polar surface area (TPSA) is 66.1 Å². The summed E-state index contributed by atoms with van der Waals surface area (Å²) in [5.41, 5.74) is 0.798. The molecular formula is C37H66N4O3Si. The molecule has 2 aliphatic heterocycles. The number of hydrogen-bond acceptors (Lipinski definition) is 6. The van der Waals surface area contributed by atoms with Gasteiger partial charge in [0.25, 0.3) is 0 Å². The zero-order valence-corrected chi connectivity index (χ0v) is 31.2. The van der Waals surface area contributed by atoms with Crippen LogP contribution in [0.5, 0.6) is 0 Å². The average Bonchev–Trinajstić information content (AvgIpc) is 2.97. The van der Waals surface area contributed by atoms with E-state index in [9.17, 15) is 4.79 Å². The van der Waals surface area contributed by atoms with Crippen LogP contribution in [0.15, 0.2) is 30.3 Å². The molecule has 0 aromatic heterocycles. The van der Waals surface area contributed by atoms with Crippen LogP contribution in [0.4, 0.5) is 4.79 Å². The molecule has 1 amide bonds. The summed E-state index contributed by atoms with van der Waals surface area (Å²) in [4.78, 5) is 18.2. The number of amides is 1. The van der Waals surface area contributed by atoms with E-state index in [1.54, 1.807) is 0 Å². The van der Waals surface area contributed by atoms with Crippen molar-refractivity contribution in [2.24, 2.45) is 5.92 Å². The third kappa shape index (κ3) is 10.3. The maximum atomic E-state index is 13.5. The lowest BCUT2D eigenvalue weighted by atomic mass is 9.84. The molecule has 3 aliphatic rings. The first-order valence-corrected chi connectivity index (χ1v) is 20.9. The second-order valence-electron chi connectivity index (χ2n) is 17.0. The number of carbonyl (C=O) groups is 1. The van der Waals surface area contributed by atoms with Crippen molar-refractivity contribution in [1.82, 2.24) is 20.4 Å². The molecule has 3 atom stereocenters. The van der Waals surface area contributed by atoms with E-state index in [1.807, 2.05) is 25.7 Å². The van der Waals surface area contributed by atoms with Gasteiger partial charge in [0.2, 0.25) is 0 Å². The van der Waals surface area contributed by atoms with Crippen LogP contribution in [0.1, 0.15) is 118 Å². The Morgan fingerprint density at radius 1 is 0.978 bits per heavy atom. The maximum absolute atomic E-state index is 13.5. The molecule has 0 bridgehead atoms. The number of benzene rings is 1. The maximum Gasteiger partial charge on any atom is 0.411 e. The van der Waals surface area contributed by atoms with Crippen molar-refractivity contribution in [1.29, 1.82) is 0 Å². The summed E-state index contributed by atoms with van der Waals surface area (Å²) in [6, 6.07) is 10.8. The molecule has 1 saturated carbocycles. The van der Waals surface area contributed by atoms with E-state index in [2.05, 4.69) is 86.7 Å². The Morgan fingerprint density at radius 2 is 1.62 bits per heavy atom. The van der Waals surface area contributed by atoms with Gasteiger partial charge in [0.05, 0.1) is 6.17 Å². The van der Waals surface area contributed by atoms with E-state index in [0.717, 1.165) is 39.0 Å². The van der Waals surface area contributed by atoms with Gasteiger partial charge >= 0.3 is 6.09 Å². The van der Waals surface area contributed by atoms with Gasteiger partial charge in [-0.1, -0.05) is 57.5 Å². The minimum Gasteiger partial charge on any atom is -0.444 e. The molecule has 0 spiro atoms. The fourth-order valence-electron chi connectivity index (χ4n) is 7.22. The van der Waals surface area contributed by atoms with Gasteiger partial charge in [-0.3, -0.25) is 15.1 Å². The highest BCUT2D eigenvalue weighted by Gasteiger charge is 2.44. The van der Waals surface area contributed by atoms with Gasteiger partial charge in [0.1, 0.15) is 5.60 Å². The summed E-state index contributed by atoms with van der Waals surface area (Å²) < 4.78 is 12.7. The molecule has 2 saturated heterocycles. The van der Waals surface area contributed by atoms with Crippen LogP contribution in [0, 0.1) is 5.92 Å². The third-order valence-corrected chi connectivity index (χ3v) is 15.6. The number of ether oxygens (including phenoxy) is 1. The van der Waals surface area contributed by atoms with E-state index in [-0.39, 0.29) is 28.9 Å². The van der Waals surface area contributed by atoms with Gasteiger partial charge < -0.3 is 14.5 Å². The van der Waals surface area contributed by atoms with E-state index in [0.29, 0.717) is 18.6 Å². The fraction of sp³-hybridized carbons (Fsp3) is 0.811. The monoisotopic (exact) mass is 642 g/mol. The highest BCUT2D eigenvalue weighted by molar-refractivity contribution is 6.74. The Hall–Kier alpha value is -1.45. The van der Waals surface area contributed by atoms with Crippen molar-refractivity contribution < 1.29 is 14.0 Å². The standard InChI is InChI=1S/C37H66N4O3Si/c1-35(2,3)43-34(42)41-25-22-37(7,40-23-14-11-15-24-40)26-33(41)39-32(30-16-12-10-13-17-30)28-38-27-29-18-20-31(21-19-29)44-45(8,9)36(4,5)6/h10,12-13,16-17,29,31-33,38-39H,11,14-15,18-28H2,1-9H3/t29?,31?,32-,33?,37?/m0/s1. The Bertz CT molecular complexity index is 1060. The number of carbonyl (C=O) groups excluding carboxylic acids is 1. The van der Waals surface area contributed by atoms with Crippen LogP contribution in [0.25, 0.3) is 0 Å². The molecule has 1 aliphatic carbocycles. The first-order chi connectivity index (χ1) is 21.1. The molecule has 256 valence electrons. The molecule has 1 aromatic rings. The highest BCUT2D eigenvalue weighted by Crippen LogP contribution is 2.40. The SMILES string of the molecule is CC(C)(C)OC(=O)N1CCC(C)(N2CCCCC2)CC1N[C@@H](CNCC1CCC(O[Si](C)(C)C(C)(C)C)CC1)c1ccccc1. The lowest BCUT2D eigenvalue weighted by Gasteiger charge is -2.52. The van der Waals surface area contributed by atoms with Crippen molar-refractivity contribution in [3.63, 3.8) is 0 Å². The summed E-state index contributed by atoms with van der Waals surface area (Å²) in [7, 11) is -1.73. The quantitative estimate of drug-likeness (QED) is 0.252. The van der Waals surface area contributed by atoms with Crippen molar-refractivity contribution in [3.05, 3.63) is 35.9 Å². The first-order valence-electron chi connectivity index (χ1n) is 18.0. The summed E-state index contributed by atoms with van der Waals surface area (Å²) in [5, 5.41) is 8.10. The van der Waals surface area contributed by atoms with Crippen LogP contribution < -0.4 is 10.6 Å². The van der Waals surface area contributed by atoms with Gasteiger partial charge in [0, 0.05) is 30.8 Å². The molecule has 2 N–H and O–H groups in total. The largest absolute Gasteiger partial charge is 0.444 e. The number of rotatable bonds is 10. The Labute approximate surface area is 276 Å². The summed E-state index contributed by atoms with van der Waals surface area (Å²) in [5.74, 6) is 0.677. The minimum atomic E-state index is -1.73. The minimum absolute atomic E-state index is 0.0659. The normalized spacial score (nSPS) is 28.1. The van der Waals surface area contributed by atoms with Gasteiger partial charge in [0.15, 0.2) is 8.32 Å². The van der Waals surface area contributed by atoms with Crippen LogP contribution >= 0.6 is 0 Å². The van der Waals surface area contributed by atoms with E-state index < -0.39 is 13.9 Å². The summed E-state index contributed by atoms with van der Waals surface area (Å²) in [6.07, 6.45) is 10.6. The predicted molar refractivity (Wildman–Crippen MR) is 189 cm³/mol. The number of nitrogens with one attached hydrogen (secondary N) is 2. The molecule has 1 aromatic carbocycles. The number of hydrogen-bond donors (Lipinski definition) is 2. The van der Waals surface area contributed by atoms with Crippen LogP contribution in [0.3, 0.4) is 0 Å². The highest BCUT2D eigenvalue weighted by atomic mass is 28.4. The van der Waals surface area contributed by atoms with Crippen LogP contribution in [-0.4, -0.2) is 80.3 Å². The molecular weight excluding hydrogens is 577 g/mol. The molecule has 7 nitrogen and oxygen atoms in total. The lowest BCUT2D eigenvalue weighted by molar-refractivity contribution is -0.0366. The average molecular weight is 643 g/mol. The number of likely N-dealkylation sites (tertiary alicyclic amines) is 2. The van der Waals surface area contributed by atoms with Gasteiger partial charge in [-0.2, -0.15) is 0 Å². The molecule has 3 fully saturated rings. The predicted octanol–water partition coefficient (Wildman–Crippen LogP) is 8.09. The van der Waals surface area contributed by atoms with Crippen molar-refractivity contribution in [3.8, 4) is 0 Å². The zero-order chi connectivity index (χ0) is 32.9. The van der Waals surface area contributed by atoms with Gasteiger partial charge in [-0.25, -0.2) is 4.79 Å². The third-order valence-electron chi connectivity index (χ3n) is 11.1. The molecule has 45 heavy (non-hydrogen) atoms. The molecule has 0 radical (unpaired) electrons. The first kappa shape index (κ1) is 36.4. The van der Waals surface area contributed by atoms with Crippen molar-refractivity contribution in [2.45, 2.75) is 154 Å². The lowest BCUT2D eigenvalue weighted by Crippen LogP contribution is -2.63. The van der Waals surface area contributed by atoms with E-state index >= 15 is 0 Å². The number of piperidine rings is 2. The zero-order valence-electron chi connectivity index (χ0n) is 30.2. The summed E-state index contributed by atoms with van der Waals surface area (Å²) >= 11 is 0. The molecule has 2 unspecified atom stereocenters. The molecule has 4 rings (SSSR count). The Kier molecular flexibility index (Phi) is 12.3. The Balaban J connectivity index is 1.41. The Morgan fingerprint density at radius 3 is 2.22 bits per heavy atom. The second-order valence-corrected chi connectivity index (χ2v) is 21.8. The van der Waals surface area contributed by atoms with Crippen molar-refractivity contribution >= 4 is 14.4 Å². The van der Waals surface area contributed by atoms with Crippen LogP contribution in [-0.2, 0) is 9.16 Å². The smallest absolute Gasteiger partial charge is 0.411 e.